The SMILES string of the molecule is CCCCCC#C/C=C\S(=O)(=O)N1CCN(c2ccc(COc3ccccc3)cc2)CC1. The van der Waals surface area contributed by atoms with Crippen LogP contribution in [0.1, 0.15) is 38.2 Å². The van der Waals surface area contributed by atoms with E-state index in [0.717, 1.165) is 42.7 Å². The first-order chi connectivity index (χ1) is 15.6. The van der Waals surface area contributed by atoms with Crippen molar-refractivity contribution in [3.05, 3.63) is 71.6 Å². The number of allylic oxidation sites excluding steroid dienone is 1. The summed E-state index contributed by atoms with van der Waals surface area (Å²) >= 11 is 0. The van der Waals surface area contributed by atoms with E-state index >= 15 is 0 Å². The lowest BCUT2D eigenvalue weighted by molar-refractivity contribution is 0.306. The molecule has 0 N–H and O–H groups in total. The number of hydrogen-bond acceptors (Lipinski definition) is 4. The minimum atomic E-state index is -3.42. The van der Waals surface area contributed by atoms with Crippen molar-refractivity contribution in [1.82, 2.24) is 4.31 Å². The molecule has 2 aromatic carbocycles. The van der Waals surface area contributed by atoms with Crippen molar-refractivity contribution in [2.75, 3.05) is 31.1 Å². The number of anilines is 1. The highest BCUT2D eigenvalue weighted by molar-refractivity contribution is 7.92. The van der Waals surface area contributed by atoms with Gasteiger partial charge < -0.3 is 9.64 Å². The van der Waals surface area contributed by atoms with E-state index in [-0.39, 0.29) is 0 Å². The molecule has 0 radical (unpaired) electrons. The Morgan fingerprint density at radius 3 is 2.38 bits per heavy atom. The maximum absolute atomic E-state index is 12.5. The van der Waals surface area contributed by atoms with Crippen LogP contribution < -0.4 is 9.64 Å². The van der Waals surface area contributed by atoms with Gasteiger partial charge in [-0.15, -0.1) is 0 Å². The van der Waals surface area contributed by atoms with Crippen LogP contribution in [-0.4, -0.2) is 38.9 Å². The van der Waals surface area contributed by atoms with Gasteiger partial charge in [-0.05, 0) is 36.2 Å². The Balaban J connectivity index is 1.46. The van der Waals surface area contributed by atoms with Crippen LogP contribution in [0.25, 0.3) is 0 Å². The predicted octanol–water partition coefficient (Wildman–Crippen LogP) is 4.81. The van der Waals surface area contributed by atoms with E-state index in [1.165, 1.54) is 15.8 Å². The van der Waals surface area contributed by atoms with Gasteiger partial charge in [0.1, 0.15) is 12.4 Å². The van der Waals surface area contributed by atoms with Crippen LogP contribution in [-0.2, 0) is 16.6 Å². The number of nitrogens with zero attached hydrogens (tertiary/aromatic N) is 2. The summed E-state index contributed by atoms with van der Waals surface area (Å²) in [6.45, 7) is 4.93. The van der Waals surface area contributed by atoms with Gasteiger partial charge in [-0.2, -0.15) is 4.31 Å². The number of ether oxygens (including phenoxy) is 1. The summed E-state index contributed by atoms with van der Waals surface area (Å²) < 4.78 is 32.4. The fourth-order valence-electron chi connectivity index (χ4n) is 3.49. The normalized spacial score (nSPS) is 14.8. The summed E-state index contributed by atoms with van der Waals surface area (Å²) in [6, 6.07) is 18.0. The number of para-hydroxylation sites is 1. The number of benzene rings is 2. The topological polar surface area (TPSA) is 49.9 Å². The number of rotatable bonds is 9. The van der Waals surface area contributed by atoms with Crippen LogP contribution in [0.2, 0.25) is 0 Å². The number of piperazine rings is 1. The van der Waals surface area contributed by atoms with Gasteiger partial charge >= 0.3 is 0 Å². The number of sulfonamides is 1. The van der Waals surface area contributed by atoms with Crippen molar-refractivity contribution in [2.45, 2.75) is 39.2 Å². The Morgan fingerprint density at radius 2 is 1.69 bits per heavy atom. The molecule has 1 saturated heterocycles. The minimum Gasteiger partial charge on any atom is -0.489 e. The largest absolute Gasteiger partial charge is 0.489 e. The Hall–Kier alpha value is -2.75. The molecule has 1 heterocycles. The van der Waals surface area contributed by atoms with Gasteiger partial charge in [-0.25, -0.2) is 8.42 Å². The van der Waals surface area contributed by atoms with E-state index in [4.69, 9.17) is 4.74 Å². The highest BCUT2D eigenvalue weighted by atomic mass is 32.2. The second kappa shape index (κ2) is 12.3. The van der Waals surface area contributed by atoms with Gasteiger partial charge in [0.05, 0.1) is 5.41 Å². The fraction of sp³-hybridized carbons (Fsp3) is 0.385. The summed E-state index contributed by atoms with van der Waals surface area (Å²) in [7, 11) is -3.42. The molecule has 1 fully saturated rings. The van der Waals surface area contributed by atoms with E-state index in [9.17, 15) is 8.42 Å². The fourth-order valence-corrected chi connectivity index (χ4v) is 4.57. The third kappa shape index (κ3) is 7.44. The predicted molar refractivity (Wildman–Crippen MR) is 131 cm³/mol. The maximum atomic E-state index is 12.5. The molecule has 5 nitrogen and oxygen atoms in total. The standard InChI is InChI=1S/C26H32N2O3S/c1-2-3-4-5-6-7-11-22-32(29,30)28-20-18-27(19-21-28)25-16-14-24(15-17-25)23-31-26-12-9-8-10-13-26/h8-17,22H,2-5,18-21,23H2,1H3/b22-11-. The third-order valence-corrected chi connectivity index (χ3v) is 6.94. The molecule has 3 rings (SSSR count). The molecule has 0 amide bonds. The first kappa shape index (κ1) is 23.9. The van der Waals surface area contributed by atoms with Crippen LogP contribution >= 0.6 is 0 Å². The zero-order valence-corrected chi connectivity index (χ0v) is 19.6. The van der Waals surface area contributed by atoms with E-state index in [2.05, 4.69) is 47.9 Å². The Kier molecular flexibility index (Phi) is 9.21. The lowest BCUT2D eigenvalue weighted by Gasteiger charge is -2.34. The van der Waals surface area contributed by atoms with E-state index in [1.807, 2.05) is 30.3 Å². The molecule has 0 aliphatic carbocycles. The molecule has 0 unspecified atom stereocenters. The van der Waals surface area contributed by atoms with Crippen molar-refractivity contribution >= 4 is 15.7 Å². The molecule has 2 aromatic rings. The Morgan fingerprint density at radius 1 is 0.969 bits per heavy atom. The van der Waals surface area contributed by atoms with Crippen LogP contribution in [0.4, 0.5) is 5.69 Å². The van der Waals surface area contributed by atoms with Crippen LogP contribution in [0, 0.1) is 11.8 Å². The molecule has 1 aliphatic rings. The van der Waals surface area contributed by atoms with Gasteiger partial charge in [0.2, 0.25) is 10.0 Å². The van der Waals surface area contributed by atoms with Crippen molar-refractivity contribution in [2.24, 2.45) is 0 Å². The molecule has 0 bridgehead atoms. The van der Waals surface area contributed by atoms with E-state index in [0.29, 0.717) is 32.8 Å². The molecule has 0 aromatic heterocycles. The van der Waals surface area contributed by atoms with Gasteiger partial charge in [0.15, 0.2) is 0 Å². The Labute approximate surface area is 192 Å². The summed E-state index contributed by atoms with van der Waals surface area (Å²) in [4.78, 5) is 2.21. The number of unbranched alkanes of at least 4 members (excludes halogenated alkanes) is 3. The molecule has 0 atom stereocenters. The van der Waals surface area contributed by atoms with Gasteiger partial charge in [-0.1, -0.05) is 61.9 Å². The zero-order chi connectivity index (χ0) is 22.7. The molecule has 170 valence electrons. The first-order valence-electron chi connectivity index (χ1n) is 11.3. The third-order valence-electron chi connectivity index (χ3n) is 5.38. The van der Waals surface area contributed by atoms with Crippen molar-refractivity contribution in [3.63, 3.8) is 0 Å². The smallest absolute Gasteiger partial charge is 0.236 e. The highest BCUT2D eigenvalue weighted by Gasteiger charge is 2.25. The van der Waals surface area contributed by atoms with Crippen LogP contribution in [0.5, 0.6) is 5.75 Å². The molecule has 6 heteroatoms. The average Bonchev–Trinajstić information content (AvgIpc) is 2.83. The molecule has 32 heavy (non-hydrogen) atoms. The average molecular weight is 453 g/mol. The molecular formula is C26H32N2O3S. The van der Waals surface area contributed by atoms with E-state index < -0.39 is 10.0 Å². The molecule has 1 aliphatic heterocycles. The highest BCUT2D eigenvalue weighted by Crippen LogP contribution is 2.20. The first-order valence-corrected chi connectivity index (χ1v) is 12.8. The number of hydrogen-bond donors (Lipinski definition) is 0. The van der Waals surface area contributed by atoms with Gasteiger partial charge in [0.25, 0.3) is 0 Å². The molecule has 0 saturated carbocycles. The molecule has 0 spiro atoms. The quantitative estimate of drug-likeness (QED) is 0.405. The molecular weight excluding hydrogens is 420 g/mol. The second-order valence-electron chi connectivity index (χ2n) is 7.78. The van der Waals surface area contributed by atoms with Crippen LogP contribution in [0.15, 0.2) is 66.1 Å². The summed E-state index contributed by atoms with van der Waals surface area (Å²) in [5.74, 6) is 6.71. The lowest BCUT2D eigenvalue weighted by Crippen LogP contribution is -2.48. The summed E-state index contributed by atoms with van der Waals surface area (Å²) in [5.41, 5.74) is 2.19. The zero-order valence-electron chi connectivity index (χ0n) is 18.7. The summed E-state index contributed by atoms with van der Waals surface area (Å²) in [6.07, 6.45) is 5.65. The van der Waals surface area contributed by atoms with Gasteiger partial charge in [0, 0.05) is 44.4 Å². The van der Waals surface area contributed by atoms with Crippen molar-refractivity contribution in [1.29, 1.82) is 0 Å². The van der Waals surface area contributed by atoms with Crippen LogP contribution in [0.3, 0.4) is 0 Å². The summed E-state index contributed by atoms with van der Waals surface area (Å²) in [5, 5.41) is 1.23. The maximum Gasteiger partial charge on any atom is 0.236 e. The van der Waals surface area contributed by atoms with E-state index in [1.54, 1.807) is 0 Å². The second-order valence-corrected chi connectivity index (χ2v) is 9.60. The van der Waals surface area contributed by atoms with Crippen molar-refractivity contribution in [3.8, 4) is 17.6 Å². The Bertz CT molecular complexity index is 1010. The lowest BCUT2D eigenvalue weighted by atomic mass is 10.2. The van der Waals surface area contributed by atoms with Gasteiger partial charge in [-0.3, -0.25) is 0 Å². The minimum absolute atomic E-state index is 0.468. The monoisotopic (exact) mass is 452 g/mol. The van der Waals surface area contributed by atoms with Crippen molar-refractivity contribution < 1.29 is 13.2 Å².